The van der Waals surface area contributed by atoms with Gasteiger partial charge in [0.15, 0.2) is 0 Å². The van der Waals surface area contributed by atoms with Crippen molar-refractivity contribution < 1.29 is 13.2 Å². The highest BCUT2D eigenvalue weighted by Gasteiger charge is 2.33. The van der Waals surface area contributed by atoms with Crippen LogP contribution in [0.25, 0.3) is 0 Å². The van der Waals surface area contributed by atoms with Crippen molar-refractivity contribution in [1.82, 2.24) is 9.47 Å². The zero-order valence-corrected chi connectivity index (χ0v) is 13.0. The number of rotatable bonds is 3. The summed E-state index contributed by atoms with van der Waals surface area (Å²) in [7, 11) is -3.78. The Labute approximate surface area is 125 Å². The molecule has 1 saturated heterocycles. The van der Waals surface area contributed by atoms with Gasteiger partial charge in [0.25, 0.3) is 5.91 Å². The monoisotopic (exact) mass is 311 g/mol. The van der Waals surface area contributed by atoms with Gasteiger partial charge in [0.05, 0.1) is 0 Å². The molecule has 2 N–H and O–H groups in total. The van der Waals surface area contributed by atoms with Crippen LogP contribution in [0.3, 0.4) is 0 Å². The second kappa shape index (κ2) is 5.14. The minimum absolute atomic E-state index is 0.0300. The Hall–Kier alpha value is -1.34. The molecule has 6 nitrogen and oxygen atoms in total. The third kappa shape index (κ3) is 2.85. The zero-order chi connectivity index (χ0) is 15.2. The van der Waals surface area contributed by atoms with Crippen molar-refractivity contribution in [2.75, 3.05) is 6.54 Å². The van der Waals surface area contributed by atoms with Gasteiger partial charge in [0.1, 0.15) is 10.6 Å². The molecule has 3 rings (SSSR count). The highest BCUT2D eigenvalue weighted by atomic mass is 32.2. The number of hydrogen-bond acceptors (Lipinski definition) is 3. The molecule has 1 aliphatic heterocycles. The summed E-state index contributed by atoms with van der Waals surface area (Å²) in [5, 5.41) is 5.20. The van der Waals surface area contributed by atoms with E-state index >= 15 is 0 Å². The maximum absolute atomic E-state index is 12.8. The van der Waals surface area contributed by atoms with E-state index in [-0.39, 0.29) is 22.9 Å². The molecule has 0 bridgehead atoms. The molecule has 0 spiro atoms. The van der Waals surface area contributed by atoms with Gasteiger partial charge < -0.3 is 9.47 Å². The number of sulfonamides is 1. The highest BCUT2D eigenvalue weighted by molar-refractivity contribution is 7.89. The highest BCUT2D eigenvalue weighted by Crippen LogP contribution is 2.37. The summed E-state index contributed by atoms with van der Waals surface area (Å²) in [6.07, 6.45) is 6.61. The standard InChI is InChI=1S/C14H21N3O3S/c1-10-4-2-3-7-16(10)14(18)13-8-12(21(15,19)20)9-17(13)11-5-6-11/h8-11H,2-7H2,1H3,(H2,15,19,20). The number of nitrogens with two attached hydrogens (primary N) is 1. The molecule has 1 aliphatic carbocycles. The van der Waals surface area contributed by atoms with Gasteiger partial charge in [-0.2, -0.15) is 0 Å². The van der Waals surface area contributed by atoms with Crippen LogP contribution in [-0.4, -0.2) is 36.4 Å². The Morgan fingerprint density at radius 2 is 2.00 bits per heavy atom. The molecule has 1 amide bonds. The van der Waals surface area contributed by atoms with Crippen LogP contribution in [0.2, 0.25) is 0 Å². The van der Waals surface area contributed by atoms with Gasteiger partial charge in [-0.1, -0.05) is 0 Å². The molecular weight excluding hydrogens is 290 g/mol. The van der Waals surface area contributed by atoms with Crippen molar-refractivity contribution in [2.45, 2.75) is 56.0 Å². The average molecular weight is 311 g/mol. The fraction of sp³-hybridized carbons (Fsp3) is 0.643. The van der Waals surface area contributed by atoms with Gasteiger partial charge in [-0.05, 0) is 45.1 Å². The smallest absolute Gasteiger partial charge is 0.270 e. The molecule has 1 atom stereocenters. The molecule has 21 heavy (non-hydrogen) atoms. The SMILES string of the molecule is CC1CCCCN1C(=O)c1cc(S(N)(=O)=O)cn1C1CC1. The summed E-state index contributed by atoms with van der Waals surface area (Å²) in [6, 6.07) is 1.86. The first kappa shape index (κ1) is 14.6. The molecular formula is C14H21N3O3S. The van der Waals surface area contributed by atoms with Crippen LogP contribution in [0.5, 0.6) is 0 Å². The lowest BCUT2D eigenvalue weighted by Crippen LogP contribution is -2.42. The number of aromatic nitrogens is 1. The first-order chi connectivity index (χ1) is 9.88. The minimum atomic E-state index is -3.78. The molecule has 116 valence electrons. The Bertz CT molecular complexity index is 661. The number of piperidine rings is 1. The second-order valence-corrected chi connectivity index (χ2v) is 7.65. The normalized spacial score (nSPS) is 23.3. The van der Waals surface area contributed by atoms with Crippen LogP contribution < -0.4 is 5.14 Å². The minimum Gasteiger partial charge on any atom is -0.339 e. The Morgan fingerprint density at radius 1 is 1.29 bits per heavy atom. The molecule has 1 aromatic rings. The summed E-state index contributed by atoms with van der Waals surface area (Å²) in [4.78, 5) is 14.7. The fourth-order valence-corrected chi connectivity index (χ4v) is 3.52. The average Bonchev–Trinajstić information content (AvgIpc) is 3.15. The number of likely N-dealkylation sites (tertiary alicyclic amines) is 1. The number of hydrogen-bond donors (Lipinski definition) is 1. The van der Waals surface area contributed by atoms with Gasteiger partial charge in [-0.3, -0.25) is 4.79 Å². The lowest BCUT2D eigenvalue weighted by molar-refractivity contribution is 0.0624. The maximum atomic E-state index is 12.8. The van der Waals surface area contributed by atoms with Gasteiger partial charge in [-0.15, -0.1) is 0 Å². The summed E-state index contributed by atoms with van der Waals surface area (Å²) in [5.74, 6) is -0.0796. The molecule has 0 aromatic carbocycles. The Morgan fingerprint density at radius 3 is 2.57 bits per heavy atom. The summed E-state index contributed by atoms with van der Waals surface area (Å²) in [5.41, 5.74) is 0.454. The predicted octanol–water partition coefficient (Wildman–Crippen LogP) is 1.49. The molecule has 2 aliphatic rings. The van der Waals surface area contributed by atoms with Crippen molar-refractivity contribution >= 4 is 15.9 Å². The number of amides is 1. The summed E-state index contributed by atoms with van der Waals surface area (Å²) in [6.45, 7) is 2.78. The van der Waals surface area contributed by atoms with E-state index < -0.39 is 10.0 Å². The van der Waals surface area contributed by atoms with Crippen LogP contribution >= 0.6 is 0 Å². The fourth-order valence-electron chi connectivity index (χ4n) is 2.98. The van der Waals surface area contributed by atoms with E-state index in [1.54, 1.807) is 4.57 Å². The van der Waals surface area contributed by atoms with Crippen LogP contribution in [-0.2, 0) is 10.0 Å². The lowest BCUT2D eigenvalue weighted by Gasteiger charge is -2.33. The third-order valence-corrected chi connectivity index (χ3v) is 5.26. The number of primary sulfonamides is 1. The van der Waals surface area contributed by atoms with Crippen molar-refractivity contribution in [1.29, 1.82) is 0 Å². The van der Waals surface area contributed by atoms with Crippen LogP contribution in [0, 0.1) is 0 Å². The topological polar surface area (TPSA) is 85.4 Å². The first-order valence-corrected chi connectivity index (χ1v) is 8.98. The van der Waals surface area contributed by atoms with Crippen molar-refractivity contribution in [3.8, 4) is 0 Å². The number of carbonyl (C=O) groups is 1. The summed E-state index contributed by atoms with van der Waals surface area (Å²) < 4.78 is 24.9. The van der Waals surface area contributed by atoms with E-state index in [0.29, 0.717) is 5.69 Å². The largest absolute Gasteiger partial charge is 0.339 e. The molecule has 1 aromatic heterocycles. The maximum Gasteiger partial charge on any atom is 0.270 e. The first-order valence-electron chi connectivity index (χ1n) is 7.43. The molecule has 2 heterocycles. The lowest BCUT2D eigenvalue weighted by atomic mass is 10.0. The van der Waals surface area contributed by atoms with E-state index in [4.69, 9.17) is 5.14 Å². The third-order valence-electron chi connectivity index (χ3n) is 4.38. The molecule has 1 unspecified atom stereocenters. The predicted molar refractivity (Wildman–Crippen MR) is 78.4 cm³/mol. The molecule has 0 radical (unpaired) electrons. The zero-order valence-electron chi connectivity index (χ0n) is 12.2. The number of carbonyl (C=O) groups excluding carboxylic acids is 1. The Kier molecular flexibility index (Phi) is 3.57. The molecule has 2 fully saturated rings. The van der Waals surface area contributed by atoms with Crippen LogP contribution in [0.15, 0.2) is 17.2 Å². The van der Waals surface area contributed by atoms with E-state index in [1.165, 1.54) is 12.3 Å². The van der Waals surface area contributed by atoms with Gasteiger partial charge in [-0.25, -0.2) is 13.6 Å². The van der Waals surface area contributed by atoms with Crippen molar-refractivity contribution in [3.63, 3.8) is 0 Å². The van der Waals surface area contributed by atoms with Crippen molar-refractivity contribution in [3.05, 3.63) is 18.0 Å². The van der Waals surface area contributed by atoms with E-state index in [9.17, 15) is 13.2 Å². The van der Waals surface area contributed by atoms with Crippen LogP contribution in [0.4, 0.5) is 0 Å². The van der Waals surface area contributed by atoms with Crippen molar-refractivity contribution in [2.24, 2.45) is 5.14 Å². The number of nitrogens with zero attached hydrogens (tertiary/aromatic N) is 2. The second-order valence-electron chi connectivity index (χ2n) is 6.09. The van der Waals surface area contributed by atoms with E-state index in [0.717, 1.165) is 38.6 Å². The van der Waals surface area contributed by atoms with Gasteiger partial charge in [0, 0.05) is 24.8 Å². The van der Waals surface area contributed by atoms with Crippen LogP contribution in [0.1, 0.15) is 55.6 Å². The van der Waals surface area contributed by atoms with Gasteiger partial charge >= 0.3 is 0 Å². The molecule has 1 saturated carbocycles. The Balaban J connectivity index is 1.96. The summed E-state index contributed by atoms with van der Waals surface area (Å²) >= 11 is 0. The van der Waals surface area contributed by atoms with E-state index in [1.807, 2.05) is 11.8 Å². The quantitative estimate of drug-likeness (QED) is 0.917. The van der Waals surface area contributed by atoms with Gasteiger partial charge in [0.2, 0.25) is 10.0 Å². The van der Waals surface area contributed by atoms with E-state index in [2.05, 4.69) is 0 Å². The molecule has 7 heteroatoms.